The number of benzene rings is 1. The third-order valence-corrected chi connectivity index (χ3v) is 3.25. The Hall–Kier alpha value is -2.27. The highest BCUT2D eigenvalue weighted by molar-refractivity contribution is 9.10. The van der Waals surface area contributed by atoms with Crippen LogP contribution in [0.2, 0.25) is 0 Å². The fourth-order valence-corrected chi connectivity index (χ4v) is 2.23. The molecule has 2 aromatic rings. The number of ether oxygens (including phenoxy) is 1. The summed E-state index contributed by atoms with van der Waals surface area (Å²) in [6, 6.07) is 10.4. The topological polar surface area (TPSA) is 56.3 Å². The van der Waals surface area contributed by atoms with Crippen molar-refractivity contribution in [1.82, 2.24) is 4.98 Å². The molecule has 0 fully saturated rings. The molecule has 0 saturated carbocycles. The lowest BCUT2D eigenvalue weighted by Crippen LogP contribution is -2.16. The van der Waals surface area contributed by atoms with Crippen LogP contribution in [0, 0.1) is 0 Å². The van der Waals surface area contributed by atoms with Gasteiger partial charge in [0.25, 0.3) is 0 Å². The fraction of sp³-hybridized carbons (Fsp3) is 0.118. The molecule has 0 aliphatic rings. The van der Waals surface area contributed by atoms with Gasteiger partial charge in [-0.05, 0) is 40.6 Å². The summed E-state index contributed by atoms with van der Waals surface area (Å²) in [4.78, 5) is 28.7. The maximum atomic E-state index is 12.5. The highest BCUT2D eigenvalue weighted by Gasteiger charge is 2.21. The summed E-state index contributed by atoms with van der Waals surface area (Å²) in [5, 5.41) is 0. The molecule has 0 aliphatic heterocycles. The van der Waals surface area contributed by atoms with Crippen LogP contribution >= 0.6 is 15.9 Å². The van der Waals surface area contributed by atoms with Crippen molar-refractivity contribution >= 4 is 33.8 Å². The lowest BCUT2D eigenvalue weighted by molar-refractivity contribution is -0.137. The van der Waals surface area contributed by atoms with E-state index in [1.54, 1.807) is 49.6 Å². The normalized spacial score (nSPS) is 11.1. The van der Waals surface area contributed by atoms with Gasteiger partial charge in [-0.15, -0.1) is 0 Å². The standard InChI is InChI=1S/C17H14BrNO3/c1-2-22-17(21)15(9-12-8-14(18)11-19-10-12)16(20)13-6-4-3-5-7-13/h3-11H,2H2,1H3. The monoisotopic (exact) mass is 359 g/mol. The third kappa shape index (κ3) is 4.11. The Morgan fingerprint density at radius 3 is 2.59 bits per heavy atom. The van der Waals surface area contributed by atoms with E-state index in [4.69, 9.17) is 4.74 Å². The van der Waals surface area contributed by atoms with Crippen LogP contribution in [-0.2, 0) is 9.53 Å². The van der Waals surface area contributed by atoms with Gasteiger partial charge in [0.05, 0.1) is 6.61 Å². The number of esters is 1. The van der Waals surface area contributed by atoms with Crippen molar-refractivity contribution in [3.63, 3.8) is 0 Å². The first kappa shape index (κ1) is 16.1. The fourth-order valence-electron chi connectivity index (χ4n) is 1.84. The average molecular weight is 360 g/mol. The van der Waals surface area contributed by atoms with Crippen molar-refractivity contribution in [2.75, 3.05) is 6.61 Å². The first-order chi connectivity index (χ1) is 10.6. The van der Waals surface area contributed by atoms with Gasteiger partial charge in [0.2, 0.25) is 0 Å². The zero-order chi connectivity index (χ0) is 15.9. The van der Waals surface area contributed by atoms with Gasteiger partial charge in [-0.2, -0.15) is 0 Å². The Kier molecular flexibility index (Phi) is 5.61. The van der Waals surface area contributed by atoms with Crippen molar-refractivity contribution in [3.05, 3.63) is 70.0 Å². The number of nitrogens with zero attached hydrogens (tertiary/aromatic N) is 1. The highest BCUT2D eigenvalue weighted by atomic mass is 79.9. The number of hydrogen-bond acceptors (Lipinski definition) is 4. The van der Waals surface area contributed by atoms with Crippen molar-refractivity contribution in [2.24, 2.45) is 0 Å². The molecule has 0 radical (unpaired) electrons. The van der Waals surface area contributed by atoms with Crippen LogP contribution in [0.3, 0.4) is 0 Å². The molecule has 0 spiro atoms. The van der Waals surface area contributed by atoms with Crippen molar-refractivity contribution < 1.29 is 14.3 Å². The maximum Gasteiger partial charge on any atom is 0.342 e. The van der Waals surface area contributed by atoms with Crippen LogP contribution in [0.25, 0.3) is 6.08 Å². The second-order valence-corrected chi connectivity index (χ2v) is 5.33. The molecule has 0 amide bonds. The van der Waals surface area contributed by atoms with Crippen molar-refractivity contribution in [2.45, 2.75) is 6.92 Å². The Bertz CT molecular complexity index is 711. The number of hydrogen-bond donors (Lipinski definition) is 0. The minimum Gasteiger partial charge on any atom is -0.462 e. The van der Waals surface area contributed by atoms with E-state index in [-0.39, 0.29) is 18.0 Å². The second-order valence-electron chi connectivity index (χ2n) is 4.41. The van der Waals surface area contributed by atoms with E-state index in [1.807, 2.05) is 6.07 Å². The van der Waals surface area contributed by atoms with E-state index in [2.05, 4.69) is 20.9 Å². The smallest absolute Gasteiger partial charge is 0.342 e. The van der Waals surface area contributed by atoms with Crippen molar-refractivity contribution in [3.8, 4) is 0 Å². The van der Waals surface area contributed by atoms with Gasteiger partial charge in [-0.25, -0.2) is 4.79 Å². The van der Waals surface area contributed by atoms with Crippen molar-refractivity contribution in [1.29, 1.82) is 0 Å². The molecule has 1 aromatic carbocycles. The van der Waals surface area contributed by atoms with Gasteiger partial charge in [0, 0.05) is 22.4 Å². The first-order valence-corrected chi connectivity index (χ1v) is 7.50. The van der Waals surface area contributed by atoms with Crippen LogP contribution in [0.4, 0.5) is 0 Å². The summed E-state index contributed by atoms with van der Waals surface area (Å²) >= 11 is 3.31. The molecule has 112 valence electrons. The number of carbonyl (C=O) groups excluding carboxylic acids is 2. The second kappa shape index (κ2) is 7.66. The molecule has 22 heavy (non-hydrogen) atoms. The molecule has 4 nitrogen and oxygen atoms in total. The maximum absolute atomic E-state index is 12.5. The number of pyridine rings is 1. The van der Waals surface area contributed by atoms with Gasteiger partial charge in [-0.1, -0.05) is 30.3 Å². The molecule has 2 rings (SSSR count). The Balaban J connectivity index is 2.43. The Morgan fingerprint density at radius 2 is 1.95 bits per heavy atom. The Morgan fingerprint density at radius 1 is 1.23 bits per heavy atom. The van der Waals surface area contributed by atoms with Gasteiger partial charge in [0.1, 0.15) is 5.57 Å². The minimum absolute atomic E-state index is 0.0204. The quantitative estimate of drug-likeness (QED) is 0.268. The molecule has 1 heterocycles. The lowest BCUT2D eigenvalue weighted by Gasteiger charge is -2.07. The van der Waals surface area contributed by atoms with E-state index in [1.165, 1.54) is 6.08 Å². The zero-order valence-electron chi connectivity index (χ0n) is 12.0. The molecule has 0 N–H and O–H groups in total. The zero-order valence-corrected chi connectivity index (χ0v) is 13.5. The molecule has 0 aliphatic carbocycles. The van der Waals surface area contributed by atoms with Gasteiger partial charge in [0.15, 0.2) is 5.78 Å². The number of Topliss-reactive ketones (excluding diaryl/α,β-unsaturated/α-hetero) is 1. The van der Waals surface area contributed by atoms with Crippen LogP contribution in [-0.4, -0.2) is 23.3 Å². The average Bonchev–Trinajstić information content (AvgIpc) is 2.53. The molecule has 0 bridgehead atoms. The first-order valence-electron chi connectivity index (χ1n) is 6.71. The van der Waals surface area contributed by atoms with Gasteiger partial charge < -0.3 is 4.74 Å². The molecule has 0 atom stereocenters. The summed E-state index contributed by atoms with van der Waals surface area (Å²) < 4.78 is 5.75. The largest absolute Gasteiger partial charge is 0.462 e. The summed E-state index contributed by atoms with van der Waals surface area (Å²) in [6.45, 7) is 1.90. The number of carbonyl (C=O) groups is 2. The predicted octanol–water partition coefficient (Wildman–Crippen LogP) is 3.67. The molecular weight excluding hydrogens is 346 g/mol. The Labute approximate surface area is 137 Å². The molecule has 5 heteroatoms. The predicted molar refractivity (Wildman–Crippen MR) is 87.3 cm³/mol. The minimum atomic E-state index is -0.642. The lowest BCUT2D eigenvalue weighted by atomic mass is 10.0. The van der Waals surface area contributed by atoms with Crippen LogP contribution < -0.4 is 0 Å². The van der Waals surface area contributed by atoms with Crippen LogP contribution in [0.5, 0.6) is 0 Å². The third-order valence-electron chi connectivity index (χ3n) is 2.81. The molecule has 0 unspecified atom stereocenters. The van der Waals surface area contributed by atoms with E-state index < -0.39 is 5.97 Å². The van der Waals surface area contributed by atoms with Gasteiger partial charge in [-0.3, -0.25) is 9.78 Å². The van der Waals surface area contributed by atoms with Crippen LogP contribution in [0.15, 0.2) is 58.8 Å². The van der Waals surface area contributed by atoms with Crippen LogP contribution in [0.1, 0.15) is 22.8 Å². The van der Waals surface area contributed by atoms with Gasteiger partial charge >= 0.3 is 5.97 Å². The number of rotatable bonds is 5. The molecule has 1 aromatic heterocycles. The number of halogens is 1. The highest BCUT2D eigenvalue weighted by Crippen LogP contribution is 2.17. The molecular formula is C17H14BrNO3. The number of aromatic nitrogens is 1. The SMILES string of the molecule is CCOC(=O)C(=Cc1cncc(Br)c1)C(=O)c1ccccc1. The summed E-state index contributed by atoms with van der Waals surface area (Å²) in [5.74, 6) is -1.02. The van der Waals surface area contributed by atoms with E-state index in [9.17, 15) is 9.59 Å². The summed E-state index contributed by atoms with van der Waals surface area (Å²) in [7, 11) is 0. The summed E-state index contributed by atoms with van der Waals surface area (Å²) in [6.07, 6.45) is 4.69. The van der Waals surface area contributed by atoms with E-state index in [0.717, 1.165) is 4.47 Å². The van der Waals surface area contributed by atoms with E-state index in [0.29, 0.717) is 11.1 Å². The summed E-state index contributed by atoms with van der Waals surface area (Å²) in [5.41, 5.74) is 1.06. The molecule has 0 saturated heterocycles. The number of ketones is 1. The van der Waals surface area contributed by atoms with E-state index >= 15 is 0 Å².